The van der Waals surface area contributed by atoms with Gasteiger partial charge < -0.3 is 39.2 Å². The molecule has 16 nitrogen and oxygen atoms in total. The number of fused-ring (bicyclic) bond motifs is 4. The zero-order chi connectivity index (χ0) is 46.7. The molecule has 10 rings (SSSR count). The molecule has 0 radical (unpaired) electrons. The lowest BCUT2D eigenvalue weighted by Gasteiger charge is -2.33. The SMILES string of the molecule is O=C(NOC(=O)C(=O)ONC(=O)C(=O)N1C[C@@H](CCN2CCC(c3ccc4[nH]ccc4c3)CC2)c2ccccc21)C(=O)N1C[C@@H](CCN2CCC(c3ccc4[nH]ccc4c3)CC2)c2ccccc21. The minimum Gasteiger partial charge on any atom is -0.361 e. The van der Waals surface area contributed by atoms with E-state index in [0.717, 1.165) is 100.0 Å². The van der Waals surface area contributed by atoms with Crippen molar-refractivity contribution in [2.75, 3.05) is 62.2 Å². The summed E-state index contributed by atoms with van der Waals surface area (Å²) in [5, 5.41) is 2.45. The minimum atomic E-state index is -1.72. The Hall–Kier alpha value is -7.30. The summed E-state index contributed by atoms with van der Waals surface area (Å²) >= 11 is 0. The van der Waals surface area contributed by atoms with Crippen molar-refractivity contribution in [1.29, 1.82) is 0 Å². The second-order valence-corrected chi connectivity index (χ2v) is 18.4. The van der Waals surface area contributed by atoms with Crippen molar-refractivity contribution in [2.45, 2.75) is 62.2 Å². The Balaban J connectivity index is 0.652. The fraction of sp³-hybridized carbons (Fsp3) is 0.346. The summed E-state index contributed by atoms with van der Waals surface area (Å²) < 4.78 is 0. The third-order valence-electron chi connectivity index (χ3n) is 14.5. The number of nitrogens with zero attached hydrogens (tertiary/aromatic N) is 4. The van der Waals surface area contributed by atoms with Gasteiger partial charge in [0.15, 0.2) is 0 Å². The molecule has 4 aliphatic heterocycles. The average Bonchev–Trinajstić information content (AvgIpc) is 4.21. The lowest BCUT2D eigenvalue weighted by molar-refractivity contribution is -0.180. The molecule has 0 spiro atoms. The smallest absolute Gasteiger partial charge is 0.361 e. The molecular weight excluding hydrogens is 865 g/mol. The van der Waals surface area contributed by atoms with Gasteiger partial charge in [-0.15, -0.1) is 0 Å². The molecule has 2 saturated heterocycles. The number of hydroxylamine groups is 2. The fourth-order valence-corrected chi connectivity index (χ4v) is 10.8. The number of rotatable bonds is 8. The number of hydrogen-bond acceptors (Lipinski definition) is 10. The van der Waals surface area contributed by atoms with Crippen LogP contribution in [0.2, 0.25) is 0 Å². The second kappa shape index (κ2) is 19.5. The topological polar surface area (TPSA) is 189 Å². The maximum Gasteiger partial charge on any atom is 0.443 e. The summed E-state index contributed by atoms with van der Waals surface area (Å²) in [6.45, 7) is 6.02. The average molecular weight is 919 g/mol. The van der Waals surface area contributed by atoms with Crippen molar-refractivity contribution in [3.05, 3.63) is 132 Å². The molecule has 2 aromatic heterocycles. The van der Waals surface area contributed by atoms with Gasteiger partial charge in [-0.3, -0.25) is 19.2 Å². The standard InChI is InChI=1S/C52H54N8O8/c61-47(49(63)59-31-39(41-5-1-3-7-45(41)59)19-27-57-23-15-33(16-24-57)35-9-11-43-37(29-35)13-21-53-43)55-67-51(65)52(66)68-56-48(62)50(64)60-32-40(42-6-2-4-8-46(42)60)20-28-58-25-17-34(18-26-58)36-10-12-44-38(30-36)14-22-54-44/h1-14,21-22,29-30,33-34,39-40,53-54H,15-20,23-28,31-32H2,(H,55,61)(H,56,62)/t39-,40-/m1/s1. The van der Waals surface area contributed by atoms with E-state index in [1.165, 1.54) is 31.7 Å². The van der Waals surface area contributed by atoms with Crippen LogP contribution in [0.1, 0.15) is 84.5 Å². The van der Waals surface area contributed by atoms with E-state index >= 15 is 0 Å². The number of aromatic amines is 2. The Morgan fingerprint density at radius 1 is 0.529 bits per heavy atom. The monoisotopic (exact) mass is 918 g/mol. The highest BCUT2D eigenvalue weighted by atomic mass is 16.7. The fourth-order valence-electron chi connectivity index (χ4n) is 10.8. The maximum atomic E-state index is 13.4. The van der Waals surface area contributed by atoms with Crippen LogP contribution >= 0.6 is 0 Å². The Labute approximate surface area is 392 Å². The molecule has 0 saturated carbocycles. The summed E-state index contributed by atoms with van der Waals surface area (Å²) in [5.41, 5.74) is 11.5. The number of carbonyl (C=O) groups is 6. The molecule has 0 aliphatic carbocycles. The van der Waals surface area contributed by atoms with E-state index in [1.807, 2.05) is 36.7 Å². The predicted octanol–water partition coefficient (Wildman–Crippen LogP) is 5.90. The van der Waals surface area contributed by atoms with Crippen molar-refractivity contribution in [3.8, 4) is 0 Å². The minimum absolute atomic E-state index is 0.0221. The summed E-state index contributed by atoms with van der Waals surface area (Å²) in [4.78, 5) is 101. The van der Waals surface area contributed by atoms with Gasteiger partial charge in [0.05, 0.1) is 0 Å². The van der Waals surface area contributed by atoms with Gasteiger partial charge in [0.2, 0.25) is 0 Å². The first-order valence-corrected chi connectivity index (χ1v) is 23.6. The van der Waals surface area contributed by atoms with E-state index in [-0.39, 0.29) is 24.9 Å². The molecule has 16 heteroatoms. The number of H-pyrrole nitrogens is 2. The molecule has 4 aromatic carbocycles. The third-order valence-corrected chi connectivity index (χ3v) is 14.5. The van der Waals surface area contributed by atoms with Crippen LogP contribution in [0.25, 0.3) is 21.8 Å². The molecule has 350 valence electrons. The molecule has 68 heavy (non-hydrogen) atoms. The van der Waals surface area contributed by atoms with E-state index in [0.29, 0.717) is 23.2 Å². The summed E-state index contributed by atoms with van der Waals surface area (Å²) in [5.74, 6) is -6.99. The normalized spacial score (nSPS) is 18.9. The lowest BCUT2D eigenvalue weighted by atomic mass is 9.88. The van der Waals surface area contributed by atoms with Gasteiger partial charge in [-0.1, -0.05) is 48.5 Å². The Bertz CT molecular complexity index is 2680. The van der Waals surface area contributed by atoms with Crippen LogP contribution < -0.4 is 20.8 Å². The van der Waals surface area contributed by atoms with Gasteiger partial charge in [-0.2, -0.15) is 11.0 Å². The predicted molar refractivity (Wildman–Crippen MR) is 254 cm³/mol. The summed E-state index contributed by atoms with van der Waals surface area (Å²) in [7, 11) is 0. The number of nitrogens with one attached hydrogen (secondary N) is 4. The molecule has 4 amide bonds. The number of likely N-dealkylation sites (tertiary alicyclic amines) is 2. The number of piperidine rings is 2. The molecule has 4 aliphatic rings. The molecular formula is C52H54N8O8. The first-order valence-electron chi connectivity index (χ1n) is 23.6. The van der Waals surface area contributed by atoms with Gasteiger partial charge in [0, 0.05) is 59.7 Å². The first-order chi connectivity index (χ1) is 33.2. The number of carbonyl (C=O) groups excluding carboxylic acids is 6. The van der Waals surface area contributed by atoms with Crippen molar-refractivity contribution >= 4 is 68.7 Å². The van der Waals surface area contributed by atoms with Crippen LogP contribution in [-0.2, 0) is 38.4 Å². The van der Waals surface area contributed by atoms with Gasteiger partial charge in [-0.25, -0.2) is 9.59 Å². The van der Waals surface area contributed by atoms with Crippen LogP contribution in [0.5, 0.6) is 0 Å². The highest BCUT2D eigenvalue weighted by Crippen LogP contribution is 2.40. The van der Waals surface area contributed by atoms with Crippen molar-refractivity contribution in [2.24, 2.45) is 0 Å². The largest absolute Gasteiger partial charge is 0.443 e. The van der Waals surface area contributed by atoms with Crippen LogP contribution in [0.3, 0.4) is 0 Å². The quantitative estimate of drug-likeness (QED) is 0.106. The highest BCUT2D eigenvalue weighted by molar-refractivity contribution is 6.42. The lowest BCUT2D eigenvalue weighted by Crippen LogP contribution is -2.46. The number of aromatic nitrogens is 2. The first kappa shape index (κ1) is 44.5. The molecule has 4 N–H and O–H groups in total. The summed E-state index contributed by atoms with van der Waals surface area (Å²) in [6, 6.07) is 32.3. The van der Waals surface area contributed by atoms with Crippen molar-refractivity contribution in [3.63, 3.8) is 0 Å². The number of para-hydroxylation sites is 2. The molecule has 6 heterocycles. The van der Waals surface area contributed by atoms with Crippen LogP contribution in [0.15, 0.2) is 109 Å². The van der Waals surface area contributed by atoms with Gasteiger partial charge in [0.25, 0.3) is 0 Å². The van der Waals surface area contributed by atoms with Gasteiger partial charge in [0.1, 0.15) is 0 Å². The van der Waals surface area contributed by atoms with Crippen LogP contribution in [0.4, 0.5) is 11.4 Å². The van der Waals surface area contributed by atoms with E-state index in [1.54, 1.807) is 35.2 Å². The number of hydrogen-bond donors (Lipinski definition) is 4. The molecule has 0 bridgehead atoms. The zero-order valence-electron chi connectivity index (χ0n) is 37.7. The Morgan fingerprint density at radius 2 is 0.941 bits per heavy atom. The van der Waals surface area contributed by atoms with Crippen LogP contribution in [0, 0.1) is 0 Å². The van der Waals surface area contributed by atoms with E-state index in [2.05, 4.69) is 78.0 Å². The third kappa shape index (κ3) is 9.33. The van der Waals surface area contributed by atoms with E-state index < -0.39 is 35.6 Å². The molecule has 2 atom stereocenters. The van der Waals surface area contributed by atoms with E-state index in [9.17, 15) is 28.8 Å². The van der Waals surface area contributed by atoms with Gasteiger partial charge in [-0.05, 0) is 171 Å². The van der Waals surface area contributed by atoms with Crippen molar-refractivity contribution in [1.82, 2.24) is 30.7 Å². The van der Waals surface area contributed by atoms with Gasteiger partial charge >= 0.3 is 35.6 Å². The molecule has 6 aromatic rings. The zero-order valence-corrected chi connectivity index (χ0v) is 37.7. The highest BCUT2D eigenvalue weighted by Gasteiger charge is 2.38. The number of amides is 4. The Kier molecular flexibility index (Phi) is 12.8. The Morgan fingerprint density at radius 3 is 1.37 bits per heavy atom. The summed E-state index contributed by atoms with van der Waals surface area (Å²) in [6.07, 6.45) is 9.70. The van der Waals surface area contributed by atoms with Crippen LogP contribution in [-0.4, -0.2) is 108 Å². The maximum absolute atomic E-state index is 13.4. The second-order valence-electron chi connectivity index (χ2n) is 18.4. The number of benzene rings is 4. The van der Waals surface area contributed by atoms with E-state index in [4.69, 9.17) is 0 Å². The number of anilines is 2. The van der Waals surface area contributed by atoms with Crippen molar-refractivity contribution < 1.29 is 38.4 Å². The molecule has 2 fully saturated rings. The molecule has 0 unspecified atom stereocenters.